The number of halogens is 3. The zero-order valence-electron chi connectivity index (χ0n) is 6.43. The fraction of sp³-hybridized carbons (Fsp3) is 0.500. The molecule has 0 aliphatic carbocycles. The monoisotopic (exact) mass is 193 g/mol. The maximum atomic E-state index is 11.7. The Morgan fingerprint density at radius 2 is 2.23 bits per heavy atom. The molecule has 0 saturated heterocycles. The summed E-state index contributed by atoms with van der Waals surface area (Å²) in [7, 11) is 0. The number of alkyl halides is 3. The normalized spacial score (nSPS) is 11.6. The lowest BCUT2D eigenvalue weighted by Crippen LogP contribution is -2.11. The van der Waals surface area contributed by atoms with Crippen molar-refractivity contribution in [1.29, 1.82) is 0 Å². The quantitative estimate of drug-likeness (QED) is 0.736. The molecule has 0 bridgehead atoms. The van der Waals surface area contributed by atoms with Gasteiger partial charge in [0.25, 0.3) is 0 Å². The summed E-state index contributed by atoms with van der Waals surface area (Å²) in [6.45, 7) is 0. The number of nitrogens with one attached hydrogen (secondary N) is 1. The third-order valence-corrected chi connectivity index (χ3v) is 1.31. The van der Waals surface area contributed by atoms with Crippen LogP contribution in [0.15, 0.2) is 6.33 Å². The first-order valence-electron chi connectivity index (χ1n) is 3.44. The minimum absolute atomic E-state index is 0.135. The van der Waals surface area contributed by atoms with Gasteiger partial charge in [0.1, 0.15) is 6.33 Å². The topological polar surface area (TPSA) is 58.6 Å². The average Bonchev–Trinajstić information content (AvgIpc) is 2.50. The van der Waals surface area contributed by atoms with E-state index >= 15 is 0 Å². The molecule has 1 rings (SSSR count). The lowest BCUT2D eigenvalue weighted by atomic mass is 10.2. The summed E-state index contributed by atoms with van der Waals surface area (Å²) < 4.78 is 35.0. The van der Waals surface area contributed by atoms with Crippen LogP contribution in [0.2, 0.25) is 0 Å². The standard InChI is InChI=1S/C6H6F3N3O/c7-6(8,9)2-1-4(13)5-10-3-11-12-5/h3H,1-2H2,(H,10,11,12). The fourth-order valence-corrected chi connectivity index (χ4v) is 0.713. The van der Waals surface area contributed by atoms with Gasteiger partial charge in [0.2, 0.25) is 0 Å². The lowest BCUT2D eigenvalue weighted by Gasteiger charge is -2.02. The van der Waals surface area contributed by atoms with Crippen LogP contribution in [0.4, 0.5) is 13.2 Å². The van der Waals surface area contributed by atoms with Crippen molar-refractivity contribution in [2.45, 2.75) is 19.0 Å². The molecule has 0 spiro atoms. The summed E-state index contributed by atoms with van der Waals surface area (Å²) in [5, 5.41) is 5.54. The minimum atomic E-state index is -4.31. The number of H-pyrrole nitrogens is 1. The molecule has 13 heavy (non-hydrogen) atoms. The van der Waals surface area contributed by atoms with Crippen molar-refractivity contribution in [3.63, 3.8) is 0 Å². The lowest BCUT2D eigenvalue weighted by molar-refractivity contribution is -0.133. The van der Waals surface area contributed by atoms with Crippen LogP contribution < -0.4 is 0 Å². The number of hydrogen-bond acceptors (Lipinski definition) is 3. The second-order valence-corrected chi connectivity index (χ2v) is 2.37. The van der Waals surface area contributed by atoms with Gasteiger partial charge in [0, 0.05) is 6.42 Å². The van der Waals surface area contributed by atoms with Gasteiger partial charge in [-0.05, 0) is 0 Å². The van der Waals surface area contributed by atoms with E-state index in [0.29, 0.717) is 0 Å². The van der Waals surface area contributed by atoms with Gasteiger partial charge in [-0.15, -0.1) is 0 Å². The molecular weight excluding hydrogens is 187 g/mol. The Balaban J connectivity index is 2.44. The molecule has 1 N–H and O–H groups in total. The van der Waals surface area contributed by atoms with E-state index < -0.39 is 24.8 Å². The summed E-state index contributed by atoms with van der Waals surface area (Å²) in [5.74, 6) is -0.820. The first-order chi connectivity index (χ1) is 5.99. The Morgan fingerprint density at radius 1 is 1.54 bits per heavy atom. The van der Waals surface area contributed by atoms with Crippen molar-refractivity contribution in [2.24, 2.45) is 0 Å². The Bertz CT molecular complexity index is 280. The van der Waals surface area contributed by atoms with Crippen LogP contribution in [-0.2, 0) is 0 Å². The van der Waals surface area contributed by atoms with E-state index in [0.717, 1.165) is 6.33 Å². The Hall–Kier alpha value is -1.40. The van der Waals surface area contributed by atoms with Crippen LogP contribution in [0, 0.1) is 0 Å². The van der Waals surface area contributed by atoms with Crippen LogP contribution in [0.5, 0.6) is 0 Å². The van der Waals surface area contributed by atoms with Gasteiger partial charge in [-0.2, -0.15) is 18.3 Å². The second-order valence-electron chi connectivity index (χ2n) is 2.37. The molecular formula is C6H6F3N3O. The maximum Gasteiger partial charge on any atom is 0.389 e. The Kier molecular flexibility index (Phi) is 2.64. The van der Waals surface area contributed by atoms with E-state index in [1.165, 1.54) is 0 Å². The maximum absolute atomic E-state index is 11.7. The predicted octanol–water partition coefficient (Wildman–Crippen LogP) is 1.33. The smallest absolute Gasteiger partial charge is 0.291 e. The largest absolute Gasteiger partial charge is 0.389 e. The zero-order valence-corrected chi connectivity index (χ0v) is 6.43. The van der Waals surface area contributed by atoms with Gasteiger partial charge in [0.05, 0.1) is 6.42 Å². The van der Waals surface area contributed by atoms with E-state index in [4.69, 9.17) is 0 Å². The molecule has 0 aromatic carbocycles. The van der Waals surface area contributed by atoms with E-state index in [1.807, 2.05) is 0 Å². The van der Waals surface area contributed by atoms with Crippen LogP contribution in [0.1, 0.15) is 23.5 Å². The molecule has 1 aromatic heterocycles. The number of rotatable bonds is 3. The highest BCUT2D eigenvalue weighted by Crippen LogP contribution is 2.21. The summed E-state index contributed by atoms with van der Waals surface area (Å²) in [5.41, 5.74) is 0. The van der Waals surface area contributed by atoms with Crippen molar-refractivity contribution in [3.05, 3.63) is 12.2 Å². The first kappa shape index (κ1) is 9.69. The summed E-state index contributed by atoms with van der Waals surface area (Å²) in [4.78, 5) is 14.4. The Labute approximate surface area is 71.2 Å². The molecule has 1 aromatic rings. The number of Topliss-reactive ketones (excluding diaryl/α,β-unsaturated/α-hetero) is 1. The molecule has 0 amide bonds. The summed E-state index contributed by atoms with van der Waals surface area (Å²) in [6, 6.07) is 0. The van der Waals surface area contributed by atoms with E-state index in [1.54, 1.807) is 0 Å². The fourth-order valence-electron chi connectivity index (χ4n) is 0.713. The number of ketones is 1. The van der Waals surface area contributed by atoms with E-state index in [2.05, 4.69) is 15.2 Å². The highest BCUT2D eigenvalue weighted by Gasteiger charge is 2.28. The third-order valence-electron chi connectivity index (χ3n) is 1.31. The molecule has 0 aliphatic heterocycles. The van der Waals surface area contributed by atoms with Gasteiger partial charge in [-0.3, -0.25) is 9.89 Å². The van der Waals surface area contributed by atoms with Crippen LogP contribution in [0.3, 0.4) is 0 Å². The number of carbonyl (C=O) groups excluding carboxylic acids is 1. The zero-order chi connectivity index (χ0) is 9.90. The molecule has 1 heterocycles. The van der Waals surface area contributed by atoms with Crippen LogP contribution in [-0.4, -0.2) is 27.1 Å². The van der Waals surface area contributed by atoms with Crippen molar-refractivity contribution in [3.8, 4) is 0 Å². The van der Waals surface area contributed by atoms with Gasteiger partial charge in [0.15, 0.2) is 11.6 Å². The van der Waals surface area contributed by atoms with Gasteiger partial charge in [-0.25, -0.2) is 4.98 Å². The van der Waals surface area contributed by atoms with Crippen LogP contribution in [0.25, 0.3) is 0 Å². The highest BCUT2D eigenvalue weighted by atomic mass is 19.4. The van der Waals surface area contributed by atoms with Gasteiger partial charge >= 0.3 is 6.18 Å². The molecule has 0 unspecified atom stereocenters. The molecule has 0 saturated carbocycles. The minimum Gasteiger partial charge on any atom is -0.291 e. The number of carbonyl (C=O) groups is 1. The van der Waals surface area contributed by atoms with Gasteiger partial charge < -0.3 is 0 Å². The van der Waals surface area contributed by atoms with E-state index in [-0.39, 0.29) is 5.82 Å². The van der Waals surface area contributed by atoms with Crippen molar-refractivity contribution >= 4 is 5.78 Å². The molecule has 0 fully saturated rings. The van der Waals surface area contributed by atoms with E-state index in [9.17, 15) is 18.0 Å². The molecule has 72 valence electrons. The first-order valence-corrected chi connectivity index (χ1v) is 3.44. The summed E-state index contributed by atoms with van der Waals surface area (Å²) >= 11 is 0. The van der Waals surface area contributed by atoms with Crippen molar-refractivity contribution in [2.75, 3.05) is 0 Å². The molecule has 0 aliphatic rings. The third kappa shape index (κ3) is 3.22. The molecule has 4 nitrogen and oxygen atoms in total. The second kappa shape index (κ2) is 3.55. The summed E-state index contributed by atoms with van der Waals surface area (Å²) in [6.07, 6.45) is -4.97. The molecule has 0 atom stereocenters. The van der Waals surface area contributed by atoms with Gasteiger partial charge in [-0.1, -0.05) is 0 Å². The number of nitrogens with zero attached hydrogens (tertiary/aromatic N) is 2. The average molecular weight is 193 g/mol. The number of hydrogen-bond donors (Lipinski definition) is 1. The Morgan fingerprint density at radius 3 is 2.69 bits per heavy atom. The SMILES string of the molecule is O=C(CCC(F)(F)F)c1ncn[nH]1. The highest BCUT2D eigenvalue weighted by molar-refractivity contribution is 5.92. The number of aromatic nitrogens is 3. The number of aromatic amines is 1. The molecule has 7 heteroatoms. The predicted molar refractivity (Wildman–Crippen MR) is 36.0 cm³/mol. The molecule has 0 radical (unpaired) electrons. The van der Waals surface area contributed by atoms with Crippen molar-refractivity contribution in [1.82, 2.24) is 15.2 Å². The van der Waals surface area contributed by atoms with Crippen molar-refractivity contribution < 1.29 is 18.0 Å². The van der Waals surface area contributed by atoms with Crippen LogP contribution >= 0.6 is 0 Å².